The zero-order valence-electron chi connectivity index (χ0n) is 15.5. The summed E-state index contributed by atoms with van der Waals surface area (Å²) in [5.74, 6) is 0.932. The fourth-order valence-electron chi connectivity index (χ4n) is 3.48. The van der Waals surface area contributed by atoms with E-state index >= 15 is 0 Å². The number of nitrogens with zero attached hydrogens (tertiary/aromatic N) is 3. The SMILES string of the molecule is Cc1cc(CN2CCN(C(=O)c3cccc(-c4ccccc4)c3)CC2)no1. The van der Waals surface area contributed by atoms with Crippen molar-refractivity contribution in [2.75, 3.05) is 26.2 Å². The van der Waals surface area contributed by atoms with Crippen molar-refractivity contribution in [3.8, 4) is 11.1 Å². The number of carbonyl (C=O) groups excluding carboxylic acids is 1. The third-order valence-electron chi connectivity index (χ3n) is 4.94. The lowest BCUT2D eigenvalue weighted by molar-refractivity contribution is 0.0625. The van der Waals surface area contributed by atoms with Crippen LogP contribution in [0.1, 0.15) is 21.8 Å². The lowest BCUT2D eigenvalue weighted by atomic mass is 10.0. The standard InChI is InChI=1S/C22H23N3O2/c1-17-14-21(23-27-17)16-24-10-12-25(13-11-24)22(26)20-9-5-8-19(15-20)18-6-3-2-4-7-18/h2-9,14-15H,10-13,16H2,1H3. The number of aromatic nitrogens is 1. The number of carbonyl (C=O) groups is 1. The summed E-state index contributed by atoms with van der Waals surface area (Å²) in [6, 6.07) is 20.0. The highest BCUT2D eigenvalue weighted by molar-refractivity contribution is 5.95. The maximum absolute atomic E-state index is 12.9. The molecule has 1 saturated heterocycles. The van der Waals surface area contributed by atoms with Gasteiger partial charge in [-0.3, -0.25) is 9.69 Å². The van der Waals surface area contributed by atoms with E-state index in [-0.39, 0.29) is 5.91 Å². The zero-order valence-corrected chi connectivity index (χ0v) is 15.5. The Hall–Kier alpha value is -2.92. The van der Waals surface area contributed by atoms with E-state index in [1.54, 1.807) is 0 Å². The molecule has 5 heteroatoms. The predicted molar refractivity (Wildman–Crippen MR) is 104 cm³/mol. The van der Waals surface area contributed by atoms with Crippen LogP contribution in [-0.2, 0) is 6.54 Å². The molecule has 4 rings (SSSR count). The average molecular weight is 361 g/mol. The van der Waals surface area contributed by atoms with E-state index in [0.29, 0.717) is 0 Å². The highest BCUT2D eigenvalue weighted by Crippen LogP contribution is 2.21. The van der Waals surface area contributed by atoms with Crippen LogP contribution >= 0.6 is 0 Å². The summed E-state index contributed by atoms with van der Waals surface area (Å²) >= 11 is 0. The molecule has 138 valence electrons. The number of piperazine rings is 1. The molecule has 0 atom stereocenters. The van der Waals surface area contributed by atoms with Gasteiger partial charge in [-0.05, 0) is 30.2 Å². The Morgan fingerprint density at radius 3 is 2.41 bits per heavy atom. The van der Waals surface area contributed by atoms with Gasteiger partial charge in [0.15, 0.2) is 0 Å². The topological polar surface area (TPSA) is 49.6 Å². The Bertz CT molecular complexity index is 912. The first-order chi connectivity index (χ1) is 13.2. The van der Waals surface area contributed by atoms with Crippen LogP contribution < -0.4 is 0 Å². The van der Waals surface area contributed by atoms with Crippen molar-refractivity contribution in [3.63, 3.8) is 0 Å². The molecule has 1 aliphatic heterocycles. The van der Waals surface area contributed by atoms with Gasteiger partial charge in [-0.25, -0.2) is 0 Å². The monoisotopic (exact) mass is 361 g/mol. The number of benzene rings is 2. The Labute approximate surface area is 159 Å². The molecule has 0 N–H and O–H groups in total. The Kier molecular flexibility index (Phi) is 5.03. The largest absolute Gasteiger partial charge is 0.361 e. The van der Waals surface area contributed by atoms with E-state index in [4.69, 9.17) is 4.52 Å². The van der Waals surface area contributed by atoms with Crippen molar-refractivity contribution >= 4 is 5.91 Å². The van der Waals surface area contributed by atoms with Crippen LogP contribution in [0.25, 0.3) is 11.1 Å². The summed E-state index contributed by atoms with van der Waals surface area (Å²) in [5.41, 5.74) is 3.89. The zero-order chi connectivity index (χ0) is 18.6. The highest BCUT2D eigenvalue weighted by atomic mass is 16.5. The normalized spacial score (nSPS) is 15.1. The van der Waals surface area contributed by atoms with Gasteiger partial charge in [-0.1, -0.05) is 47.6 Å². The van der Waals surface area contributed by atoms with Gasteiger partial charge in [0, 0.05) is 44.4 Å². The van der Waals surface area contributed by atoms with Crippen LogP contribution in [0.2, 0.25) is 0 Å². The first-order valence-electron chi connectivity index (χ1n) is 9.28. The molecule has 3 aromatic rings. The predicted octanol–water partition coefficient (Wildman–Crippen LogP) is 3.61. The Morgan fingerprint density at radius 1 is 0.963 bits per heavy atom. The lowest BCUT2D eigenvalue weighted by Crippen LogP contribution is -2.48. The average Bonchev–Trinajstić information content (AvgIpc) is 3.13. The fourth-order valence-corrected chi connectivity index (χ4v) is 3.48. The maximum Gasteiger partial charge on any atom is 0.253 e. The summed E-state index contributed by atoms with van der Waals surface area (Å²) in [6.45, 7) is 5.81. The molecule has 0 radical (unpaired) electrons. The second kappa shape index (κ2) is 7.76. The van der Waals surface area contributed by atoms with Crippen LogP contribution in [0.3, 0.4) is 0 Å². The maximum atomic E-state index is 12.9. The van der Waals surface area contributed by atoms with Gasteiger partial charge in [0.05, 0.1) is 5.69 Å². The first kappa shape index (κ1) is 17.5. The van der Waals surface area contributed by atoms with Gasteiger partial charge < -0.3 is 9.42 Å². The molecule has 5 nitrogen and oxygen atoms in total. The van der Waals surface area contributed by atoms with E-state index in [9.17, 15) is 4.79 Å². The third-order valence-corrected chi connectivity index (χ3v) is 4.94. The minimum Gasteiger partial charge on any atom is -0.361 e. The van der Waals surface area contributed by atoms with Gasteiger partial charge in [-0.2, -0.15) is 0 Å². The number of hydrogen-bond acceptors (Lipinski definition) is 4. The number of rotatable bonds is 4. The van der Waals surface area contributed by atoms with Gasteiger partial charge in [0.2, 0.25) is 0 Å². The van der Waals surface area contributed by atoms with Crippen molar-refractivity contribution in [2.24, 2.45) is 0 Å². The molecule has 0 unspecified atom stereocenters. The Balaban J connectivity index is 1.39. The van der Waals surface area contributed by atoms with Crippen molar-refractivity contribution in [3.05, 3.63) is 77.7 Å². The lowest BCUT2D eigenvalue weighted by Gasteiger charge is -2.34. The Morgan fingerprint density at radius 2 is 1.70 bits per heavy atom. The number of hydrogen-bond donors (Lipinski definition) is 0. The van der Waals surface area contributed by atoms with Gasteiger partial charge >= 0.3 is 0 Å². The van der Waals surface area contributed by atoms with E-state index < -0.39 is 0 Å². The van der Waals surface area contributed by atoms with E-state index in [2.05, 4.69) is 22.2 Å². The van der Waals surface area contributed by atoms with Crippen LogP contribution in [0, 0.1) is 6.92 Å². The quantitative estimate of drug-likeness (QED) is 0.712. The molecule has 0 aliphatic carbocycles. The second-order valence-corrected chi connectivity index (χ2v) is 6.94. The minimum atomic E-state index is 0.102. The molecule has 0 spiro atoms. The first-order valence-corrected chi connectivity index (χ1v) is 9.28. The molecule has 0 saturated carbocycles. The smallest absolute Gasteiger partial charge is 0.253 e. The number of aryl methyl sites for hydroxylation is 1. The van der Waals surface area contributed by atoms with Crippen molar-refractivity contribution in [1.82, 2.24) is 15.0 Å². The molecule has 1 aromatic heterocycles. The molecule has 2 aromatic carbocycles. The molecular weight excluding hydrogens is 338 g/mol. The molecule has 27 heavy (non-hydrogen) atoms. The van der Waals surface area contributed by atoms with Crippen molar-refractivity contribution < 1.29 is 9.32 Å². The van der Waals surface area contributed by atoms with Gasteiger partial charge in [0.25, 0.3) is 5.91 Å². The van der Waals surface area contributed by atoms with Crippen LogP contribution in [-0.4, -0.2) is 47.0 Å². The van der Waals surface area contributed by atoms with E-state index in [1.807, 2.05) is 60.4 Å². The van der Waals surface area contributed by atoms with Crippen LogP contribution in [0.5, 0.6) is 0 Å². The summed E-state index contributed by atoms with van der Waals surface area (Å²) < 4.78 is 5.13. The van der Waals surface area contributed by atoms with Crippen LogP contribution in [0.4, 0.5) is 0 Å². The van der Waals surface area contributed by atoms with Gasteiger partial charge in [-0.15, -0.1) is 0 Å². The number of amides is 1. The molecule has 2 heterocycles. The highest BCUT2D eigenvalue weighted by Gasteiger charge is 2.23. The van der Waals surface area contributed by atoms with Gasteiger partial charge in [0.1, 0.15) is 5.76 Å². The summed E-state index contributed by atoms with van der Waals surface area (Å²) in [4.78, 5) is 17.2. The van der Waals surface area contributed by atoms with E-state index in [1.165, 1.54) is 0 Å². The summed E-state index contributed by atoms with van der Waals surface area (Å²) in [6.07, 6.45) is 0. The summed E-state index contributed by atoms with van der Waals surface area (Å²) in [5, 5.41) is 4.05. The molecule has 1 amide bonds. The molecule has 0 bridgehead atoms. The third kappa shape index (κ3) is 4.09. The molecule has 1 fully saturated rings. The summed E-state index contributed by atoms with van der Waals surface area (Å²) in [7, 11) is 0. The molecular formula is C22H23N3O2. The van der Waals surface area contributed by atoms with Crippen LogP contribution in [0.15, 0.2) is 65.2 Å². The molecule has 1 aliphatic rings. The fraction of sp³-hybridized carbons (Fsp3) is 0.273. The van der Waals surface area contributed by atoms with Crippen molar-refractivity contribution in [2.45, 2.75) is 13.5 Å². The van der Waals surface area contributed by atoms with Crippen molar-refractivity contribution in [1.29, 1.82) is 0 Å². The second-order valence-electron chi connectivity index (χ2n) is 6.94. The van der Waals surface area contributed by atoms with E-state index in [0.717, 1.165) is 60.9 Å². The minimum absolute atomic E-state index is 0.102.